The molecule has 0 aliphatic rings. The first-order valence-corrected chi connectivity index (χ1v) is 8.33. The van der Waals surface area contributed by atoms with Gasteiger partial charge in [0.05, 0.1) is 17.9 Å². The molecule has 0 radical (unpaired) electrons. The first kappa shape index (κ1) is 19.5. The summed E-state index contributed by atoms with van der Waals surface area (Å²) in [5, 5.41) is 4.25. The summed E-state index contributed by atoms with van der Waals surface area (Å²) < 4.78 is 5.00. The van der Waals surface area contributed by atoms with Crippen molar-refractivity contribution < 1.29 is 19.2 Å². The first-order chi connectivity index (χ1) is 12.3. The molecule has 0 saturated heterocycles. The van der Waals surface area contributed by atoms with E-state index in [0.29, 0.717) is 27.4 Å². The second-order valence-corrected chi connectivity index (χ2v) is 5.97. The van der Waals surface area contributed by atoms with Gasteiger partial charge in [-0.15, -0.1) is 0 Å². The number of aryl methyl sites for hydroxylation is 1. The van der Waals surface area contributed by atoms with E-state index in [9.17, 15) is 9.59 Å². The second kappa shape index (κ2) is 8.53. The quantitative estimate of drug-likeness (QED) is 0.253. The van der Waals surface area contributed by atoms with Gasteiger partial charge in [0.25, 0.3) is 0 Å². The highest BCUT2D eigenvalue weighted by atomic mass is 35.5. The number of esters is 1. The molecule has 1 aromatic heterocycles. The van der Waals surface area contributed by atoms with Gasteiger partial charge in [-0.3, -0.25) is 4.79 Å². The van der Waals surface area contributed by atoms with Crippen molar-refractivity contribution in [2.24, 2.45) is 10.9 Å². The monoisotopic (exact) mass is 377 g/mol. The van der Waals surface area contributed by atoms with Crippen LogP contribution < -0.4 is 5.73 Å². The predicted molar refractivity (Wildman–Crippen MR) is 98.7 cm³/mol. The molecule has 0 spiro atoms. The number of nitrogens with two attached hydrogens (primary N) is 1. The van der Waals surface area contributed by atoms with E-state index >= 15 is 0 Å². The van der Waals surface area contributed by atoms with Gasteiger partial charge in [0, 0.05) is 16.3 Å². The molecule has 0 saturated carbocycles. The van der Waals surface area contributed by atoms with Crippen LogP contribution in [0, 0.1) is 13.8 Å². The minimum absolute atomic E-state index is 0.104. The van der Waals surface area contributed by atoms with Gasteiger partial charge < -0.3 is 20.3 Å². The number of nitrogens with zero attached hydrogens (tertiary/aromatic N) is 1. The fraction of sp³-hybridized carbons (Fsp3) is 0.278. The third kappa shape index (κ3) is 4.43. The second-order valence-electron chi connectivity index (χ2n) is 5.53. The minimum atomic E-state index is -0.470. The Kier molecular flexibility index (Phi) is 6.41. The van der Waals surface area contributed by atoms with Crippen LogP contribution in [0.2, 0.25) is 5.02 Å². The number of Topliss-reactive ketones (excluding diaryl/α,β-unsaturated/α-hetero) is 1. The largest absolute Gasteiger partial charge is 0.462 e. The molecule has 3 N–H and O–H groups in total. The van der Waals surface area contributed by atoms with Gasteiger partial charge in [-0.25, -0.2) is 4.79 Å². The number of halogens is 1. The Bertz CT molecular complexity index is 858. The molecule has 8 heteroatoms. The van der Waals surface area contributed by atoms with Crippen molar-refractivity contribution >= 4 is 29.2 Å². The zero-order valence-electron chi connectivity index (χ0n) is 14.8. The summed E-state index contributed by atoms with van der Waals surface area (Å²) in [6.45, 7) is 5.02. The Hall–Kier alpha value is -2.80. The van der Waals surface area contributed by atoms with Gasteiger partial charge in [0.1, 0.15) is 0 Å². The molecule has 0 amide bonds. The normalized spacial score (nSPS) is 11.3. The number of carbonyl (C=O) groups excluding carboxylic acids is 2. The molecule has 7 nitrogen and oxygen atoms in total. The Morgan fingerprint density at radius 1 is 1.31 bits per heavy atom. The lowest BCUT2D eigenvalue weighted by atomic mass is 10.1. The SMILES string of the molecule is CCOC(=O)c1c(C)[nH]c(C(=O)CO/N=C(\N)c2cccc(Cl)c2)c1C. The lowest BCUT2D eigenvalue weighted by Crippen LogP contribution is -2.16. The number of aromatic nitrogens is 1. The van der Waals surface area contributed by atoms with Crippen LogP contribution in [0.5, 0.6) is 0 Å². The molecule has 0 aliphatic carbocycles. The van der Waals surface area contributed by atoms with Crippen molar-refractivity contribution in [3.05, 3.63) is 57.4 Å². The van der Waals surface area contributed by atoms with Crippen LogP contribution in [0.3, 0.4) is 0 Å². The number of rotatable bonds is 7. The summed E-state index contributed by atoms with van der Waals surface area (Å²) in [5.74, 6) is -0.724. The maximum Gasteiger partial charge on any atom is 0.340 e. The van der Waals surface area contributed by atoms with Crippen molar-refractivity contribution in [3.8, 4) is 0 Å². The maximum absolute atomic E-state index is 12.3. The number of oxime groups is 1. The van der Waals surface area contributed by atoms with Crippen LogP contribution in [0.25, 0.3) is 0 Å². The molecule has 0 bridgehead atoms. The summed E-state index contributed by atoms with van der Waals surface area (Å²) >= 11 is 5.89. The highest BCUT2D eigenvalue weighted by molar-refractivity contribution is 6.31. The third-order valence-corrected chi connectivity index (χ3v) is 3.91. The molecule has 138 valence electrons. The van der Waals surface area contributed by atoms with Gasteiger partial charge in [-0.2, -0.15) is 0 Å². The number of ketones is 1. The number of nitrogens with one attached hydrogen (secondary N) is 1. The Morgan fingerprint density at radius 2 is 2.04 bits per heavy atom. The molecule has 2 aromatic rings. The summed E-state index contributed by atoms with van der Waals surface area (Å²) in [6.07, 6.45) is 0. The van der Waals surface area contributed by atoms with Crippen molar-refractivity contribution in [3.63, 3.8) is 0 Å². The van der Waals surface area contributed by atoms with Crippen LogP contribution >= 0.6 is 11.6 Å². The smallest absolute Gasteiger partial charge is 0.340 e. The van der Waals surface area contributed by atoms with Crippen molar-refractivity contribution in [2.75, 3.05) is 13.2 Å². The van der Waals surface area contributed by atoms with Crippen LogP contribution in [0.15, 0.2) is 29.4 Å². The van der Waals surface area contributed by atoms with E-state index in [4.69, 9.17) is 26.9 Å². The molecular formula is C18H20ClN3O4. The summed E-state index contributed by atoms with van der Waals surface area (Å²) in [4.78, 5) is 32.3. The van der Waals surface area contributed by atoms with E-state index in [2.05, 4.69) is 10.1 Å². The number of aromatic amines is 1. The van der Waals surface area contributed by atoms with Gasteiger partial charge in [-0.1, -0.05) is 28.9 Å². The van der Waals surface area contributed by atoms with E-state index in [-0.39, 0.29) is 30.5 Å². The van der Waals surface area contributed by atoms with Crippen LogP contribution in [0.4, 0.5) is 0 Å². The lowest BCUT2D eigenvalue weighted by molar-refractivity contribution is 0.0525. The highest BCUT2D eigenvalue weighted by Gasteiger charge is 2.23. The molecule has 1 aromatic carbocycles. The third-order valence-electron chi connectivity index (χ3n) is 3.67. The number of carbonyl (C=O) groups is 2. The number of amidine groups is 1. The molecule has 0 atom stereocenters. The predicted octanol–water partition coefficient (Wildman–Crippen LogP) is 2.98. The average molecular weight is 378 g/mol. The standard InChI is InChI=1S/C18H20ClN3O4/c1-4-25-18(24)15-10(2)16(21-11(15)3)14(23)9-26-22-17(20)12-6-5-7-13(19)8-12/h5-8,21H,4,9H2,1-3H3,(H2,20,22). The molecule has 1 heterocycles. The van der Waals surface area contributed by atoms with Gasteiger partial charge in [0.2, 0.25) is 5.78 Å². The Morgan fingerprint density at radius 3 is 2.69 bits per heavy atom. The maximum atomic E-state index is 12.3. The minimum Gasteiger partial charge on any atom is -0.462 e. The zero-order valence-corrected chi connectivity index (χ0v) is 15.5. The number of H-pyrrole nitrogens is 1. The van der Waals surface area contributed by atoms with E-state index in [1.54, 1.807) is 45.0 Å². The molecular weight excluding hydrogens is 358 g/mol. The molecule has 0 unspecified atom stereocenters. The summed E-state index contributed by atoms with van der Waals surface area (Å²) in [6, 6.07) is 6.79. The Labute approximate surface area is 156 Å². The molecule has 26 heavy (non-hydrogen) atoms. The fourth-order valence-corrected chi connectivity index (χ4v) is 2.66. The molecule has 0 aliphatic heterocycles. The van der Waals surface area contributed by atoms with Crippen LogP contribution in [-0.2, 0) is 9.57 Å². The number of hydrogen-bond acceptors (Lipinski definition) is 5. The van der Waals surface area contributed by atoms with Crippen molar-refractivity contribution in [2.45, 2.75) is 20.8 Å². The zero-order chi connectivity index (χ0) is 19.3. The van der Waals surface area contributed by atoms with Gasteiger partial charge in [-0.05, 0) is 38.5 Å². The average Bonchev–Trinajstić information content (AvgIpc) is 2.89. The van der Waals surface area contributed by atoms with E-state index < -0.39 is 5.97 Å². The Balaban J connectivity index is 2.08. The number of benzene rings is 1. The van der Waals surface area contributed by atoms with Crippen LogP contribution in [0.1, 0.15) is 44.6 Å². The van der Waals surface area contributed by atoms with Crippen molar-refractivity contribution in [1.82, 2.24) is 4.98 Å². The van der Waals surface area contributed by atoms with E-state index in [0.717, 1.165) is 0 Å². The summed E-state index contributed by atoms with van der Waals surface area (Å²) in [5.41, 5.74) is 8.11. The van der Waals surface area contributed by atoms with Gasteiger partial charge >= 0.3 is 5.97 Å². The van der Waals surface area contributed by atoms with Crippen molar-refractivity contribution in [1.29, 1.82) is 0 Å². The van der Waals surface area contributed by atoms with Gasteiger partial charge in [0.15, 0.2) is 12.4 Å². The number of ether oxygens (including phenoxy) is 1. The molecule has 2 rings (SSSR count). The molecule has 0 fully saturated rings. The lowest BCUT2D eigenvalue weighted by Gasteiger charge is -2.03. The number of hydrogen-bond donors (Lipinski definition) is 2. The summed E-state index contributed by atoms with van der Waals surface area (Å²) in [7, 11) is 0. The first-order valence-electron chi connectivity index (χ1n) is 7.96. The highest BCUT2D eigenvalue weighted by Crippen LogP contribution is 2.19. The van der Waals surface area contributed by atoms with Crippen LogP contribution in [-0.4, -0.2) is 35.8 Å². The fourth-order valence-electron chi connectivity index (χ4n) is 2.47. The van der Waals surface area contributed by atoms with E-state index in [1.165, 1.54) is 0 Å². The topological polar surface area (TPSA) is 107 Å². The van der Waals surface area contributed by atoms with E-state index in [1.807, 2.05) is 0 Å².